The van der Waals surface area contributed by atoms with Gasteiger partial charge in [0.25, 0.3) is 5.91 Å². The monoisotopic (exact) mass is 435 g/mol. The van der Waals surface area contributed by atoms with Crippen LogP contribution in [-0.2, 0) is 9.59 Å². The molecular weight excluding hydrogens is 402 g/mol. The molecule has 2 aromatic rings. The molecule has 0 heterocycles. The van der Waals surface area contributed by atoms with Crippen molar-refractivity contribution in [3.8, 4) is 0 Å². The number of hydrogen-bond acceptors (Lipinski definition) is 3. The van der Waals surface area contributed by atoms with Gasteiger partial charge in [-0.15, -0.1) is 0 Å². The lowest BCUT2D eigenvalue weighted by molar-refractivity contribution is -0.130. The number of carbonyl (C=O) groups is 3. The van der Waals surface area contributed by atoms with Gasteiger partial charge in [-0.25, -0.2) is 0 Å². The third-order valence-corrected chi connectivity index (χ3v) is 6.31. The van der Waals surface area contributed by atoms with E-state index in [4.69, 9.17) is 0 Å². The second kappa shape index (κ2) is 10.9. The molecule has 0 radical (unpaired) electrons. The summed E-state index contributed by atoms with van der Waals surface area (Å²) in [5.41, 5.74) is 0.0438. The summed E-state index contributed by atoms with van der Waals surface area (Å²) in [7, 11) is 0. The standard InChI is InChI=1S/C26H33N3O3/c1-3-26(2,25(32)28-21-15-9-5-10-16-21)29(22-17-11-6-12-18-22)23(30)19-27-24(31)20-13-7-4-8-14-20/h4,6-8,11-14,17-18,21H,3,5,9-10,15-16,19H2,1-2H3,(H,27,31)(H,28,32)/t26-/m0/s1. The summed E-state index contributed by atoms with van der Waals surface area (Å²) >= 11 is 0. The Morgan fingerprint density at radius 3 is 2.12 bits per heavy atom. The summed E-state index contributed by atoms with van der Waals surface area (Å²) in [6.45, 7) is 3.51. The number of benzene rings is 2. The van der Waals surface area contributed by atoms with Gasteiger partial charge in [0.1, 0.15) is 5.54 Å². The van der Waals surface area contributed by atoms with Crippen LogP contribution in [0.25, 0.3) is 0 Å². The van der Waals surface area contributed by atoms with Crippen molar-refractivity contribution in [2.45, 2.75) is 64.0 Å². The van der Waals surface area contributed by atoms with Crippen molar-refractivity contribution in [3.05, 3.63) is 66.2 Å². The number of amides is 3. The van der Waals surface area contributed by atoms with Crippen molar-refractivity contribution in [2.75, 3.05) is 11.4 Å². The third kappa shape index (κ3) is 5.55. The van der Waals surface area contributed by atoms with Gasteiger partial charge in [0.2, 0.25) is 11.8 Å². The van der Waals surface area contributed by atoms with Gasteiger partial charge in [-0.3, -0.25) is 19.3 Å². The van der Waals surface area contributed by atoms with Crippen LogP contribution in [0.2, 0.25) is 0 Å². The van der Waals surface area contributed by atoms with E-state index < -0.39 is 5.54 Å². The summed E-state index contributed by atoms with van der Waals surface area (Å²) in [5.74, 6) is -0.807. The molecule has 0 unspecified atom stereocenters. The Balaban J connectivity index is 1.81. The van der Waals surface area contributed by atoms with E-state index in [9.17, 15) is 14.4 Å². The number of hydrogen-bond donors (Lipinski definition) is 2. The van der Waals surface area contributed by atoms with Gasteiger partial charge in [-0.1, -0.05) is 62.6 Å². The average Bonchev–Trinajstić information content (AvgIpc) is 2.84. The summed E-state index contributed by atoms with van der Waals surface area (Å²) in [5, 5.41) is 5.89. The fourth-order valence-electron chi connectivity index (χ4n) is 4.22. The first-order valence-corrected chi connectivity index (χ1v) is 11.5. The summed E-state index contributed by atoms with van der Waals surface area (Å²) in [4.78, 5) is 40.9. The zero-order chi connectivity index (χ0) is 23.0. The molecule has 0 saturated heterocycles. The molecule has 1 aliphatic carbocycles. The van der Waals surface area contributed by atoms with Crippen LogP contribution in [0.15, 0.2) is 60.7 Å². The predicted octanol–water partition coefficient (Wildman–Crippen LogP) is 4.07. The lowest BCUT2D eigenvalue weighted by atomic mass is 9.90. The van der Waals surface area contributed by atoms with E-state index in [1.54, 1.807) is 31.2 Å². The first kappa shape index (κ1) is 23.5. The van der Waals surface area contributed by atoms with Crippen molar-refractivity contribution in [3.63, 3.8) is 0 Å². The van der Waals surface area contributed by atoms with Gasteiger partial charge in [-0.05, 0) is 50.5 Å². The highest BCUT2D eigenvalue weighted by molar-refractivity contribution is 6.06. The molecule has 0 bridgehead atoms. The smallest absolute Gasteiger partial charge is 0.251 e. The van der Waals surface area contributed by atoms with Gasteiger partial charge in [-0.2, -0.15) is 0 Å². The van der Waals surface area contributed by atoms with Crippen LogP contribution in [0.1, 0.15) is 62.7 Å². The number of anilines is 1. The first-order chi connectivity index (χ1) is 15.5. The Hall–Kier alpha value is -3.15. The Kier molecular flexibility index (Phi) is 8.03. The second-order valence-electron chi connectivity index (χ2n) is 8.55. The molecule has 6 heteroatoms. The number of carbonyl (C=O) groups excluding carboxylic acids is 3. The highest BCUT2D eigenvalue weighted by atomic mass is 16.2. The van der Waals surface area contributed by atoms with Crippen LogP contribution in [0, 0.1) is 0 Å². The summed E-state index contributed by atoms with van der Waals surface area (Å²) in [6.07, 6.45) is 5.81. The Labute approximate surface area is 190 Å². The van der Waals surface area contributed by atoms with Crippen LogP contribution in [0.5, 0.6) is 0 Å². The molecule has 1 atom stereocenters. The van der Waals surface area contributed by atoms with E-state index in [1.165, 1.54) is 11.3 Å². The van der Waals surface area contributed by atoms with Gasteiger partial charge < -0.3 is 10.6 Å². The third-order valence-electron chi connectivity index (χ3n) is 6.31. The maximum absolute atomic E-state index is 13.5. The van der Waals surface area contributed by atoms with Crippen LogP contribution in [0.4, 0.5) is 5.69 Å². The van der Waals surface area contributed by atoms with Gasteiger partial charge in [0, 0.05) is 17.3 Å². The predicted molar refractivity (Wildman–Crippen MR) is 126 cm³/mol. The van der Waals surface area contributed by atoms with Crippen molar-refractivity contribution in [1.29, 1.82) is 0 Å². The molecule has 170 valence electrons. The largest absolute Gasteiger partial charge is 0.351 e. The van der Waals surface area contributed by atoms with Crippen molar-refractivity contribution in [2.24, 2.45) is 0 Å². The minimum Gasteiger partial charge on any atom is -0.351 e. The molecular formula is C26H33N3O3. The highest BCUT2D eigenvalue weighted by Gasteiger charge is 2.42. The van der Waals surface area contributed by atoms with E-state index in [2.05, 4.69) is 10.6 Å². The van der Waals surface area contributed by atoms with Gasteiger partial charge >= 0.3 is 0 Å². The van der Waals surface area contributed by atoms with Gasteiger partial charge in [0.15, 0.2) is 0 Å². The zero-order valence-corrected chi connectivity index (χ0v) is 19.0. The quantitative estimate of drug-likeness (QED) is 0.656. The Morgan fingerprint density at radius 2 is 1.53 bits per heavy atom. The molecule has 1 aliphatic rings. The molecule has 6 nitrogen and oxygen atoms in total. The fraction of sp³-hybridized carbons (Fsp3) is 0.423. The SMILES string of the molecule is CC[C@@](C)(C(=O)NC1CCCCC1)N(C(=O)CNC(=O)c1ccccc1)c1ccccc1. The number of nitrogens with zero attached hydrogens (tertiary/aromatic N) is 1. The maximum atomic E-state index is 13.5. The van der Waals surface area contributed by atoms with Crippen LogP contribution in [0.3, 0.4) is 0 Å². The molecule has 1 fully saturated rings. The first-order valence-electron chi connectivity index (χ1n) is 11.5. The second-order valence-corrected chi connectivity index (χ2v) is 8.55. The average molecular weight is 436 g/mol. The van der Waals surface area contributed by atoms with Crippen molar-refractivity contribution in [1.82, 2.24) is 10.6 Å². The molecule has 2 aromatic carbocycles. The molecule has 32 heavy (non-hydrogen) atoms. The number of nitrogens with one attached hydrogen (secondary N) is 2. The zero-order valence-electron chi connectivity index (χ0n) is 19.0. The summed E-state index contributed by atoms with van der Waals surface area (Å²) in [6, 6.07) is 18.1. The molecule has 3 rings (SSSR count). The Morgan fingerprint density at radius 1 is 0.938 bits per heavy atom. The van der Waals surface area contributed by atoms with E-state index >= 15 is 0 Å². The molecule has 3 amide bonds. The van der Waals surface area contributed by atoms with Crippen LogP contribution in [-0.4, -0.2) is 35.8 Å². The molecule has 0 aromatic heterocycles. The molecule has 0 spiro atoms. The van der Waals surface area contributed by atoms with E-state index in [1.807, 2.05) is 43.3 Å². The lowest BCUT2D eigenvalue weighted by Crippen LogP contribution is -2.62. The number of para-hydroxylation sites is 1. The minimum absolute atomic E-state index is 0.146. The summed E-state index contributed by atoms with van der Waals surface area (Å²) < 4.78 is 0. The maximum Gasteiger partial charge on any atom is 0.251 e. The van der Waals surface area contributed by atoms with E-state index in [0.29, 0.717) is 17.7 Å². The van der Waals surface area contributed by atoms with Crippen molar-refractivity contribution >= 4 is 23.4 Å². The van der Waals surface area contributed by atoms with Crippen molar-refractivity contribution < 1.29 is 14.4 Å². The fourth-order valence-corrected chi connectivity index (χ4v) is 4.22. The highest BCUT2D eigenvalue weighted by Crippen LogP contribution is 2.28. The van der Waals surface area contributed by atoms with Gasteiger partial charge in [0.05, 0.1) is 6.54 Å². The molecule has 0 aliphatic heterocycles. The molecule has 2 N–H and O–H groups in total. The van der Waals surface area contributed by atoms with E-state index in [-0.39, 0.29) is 30.3 Å². The van der Waals surface area contributed by atoms with Crippen LogP contribution < -0.4 is 15.5 Å². The topological polar surface area (TPSA) is 78.5 Å². The van der Waals surface area contributed by atoms with Crippen LogP contribution >= 0.6 is 0 Å². The number of rotatable bonds is 8. The van der Waals surface area contributed by atoms with E-state index in [0.717, 1.165) is 25.7 Å². The normalized spacial score (nSPS) is 15.9. The minimum atomic E-state index is -1.08. The molecule has 1 saturated carbocycles. The lowest BCUT2D eigenvalue weighted by Gasteiger charge is -2.41. The Bertz CT molecular complexity index is 910.